The highest BCUT2D eigenvalue weighted by Crippen LogP contribution is 2.27. The Labute approximate surface area is 111 Å². The van der Waals surface area contributed by atoms with Crippen molar-refractivity contribution in [1.82, 2.24) is 9.97 Å². The first kappa shape index (κ1) is 13.1. The Bertz CT molecular complexity index is 518. The van der Waals surface area contributed by atoms with Gasteiger partial charge in [-0.25, -0.2) is 4.98 Å². The van der Waals surface area contributed by atoms with Crippen molar-refractivity contribution in [3.05, 3.63) is 47.4 Å². The molecule has 0 amide bonds. The Morgan fingerprint density at radius 2 is 2.00 bits per heavy atom. The molecule has 0 saturated carbocycles. The van der Waals surface area contributed by atoms with E-state index in [0.29, 0.717) is 5.69 Å². The van der Waals surface area contributed by atoms with Crippen LogP contribution in [0.5, 0.6) is 0 Å². The summed E-state index contributed by atoms with van der Waals surface area (Å²) in [4.78, 5) is 9.72. The van der Waals surface area contributed by atoms with Gasteiger partial charge in [-0.05, 0) is 50.6 Å². The lowest BCUT2D eigenvalue weighted by Crippen LogP contribution is -1.94. The largest absolute Gasteiger partial charge is 0.387 e. The highest BCUT2D eigenvalue weighted by molar-refractivity contribution is 7.99. The second-order valence-electron chi connectivity index (χ2n) is 4.32. The molecule has 2 aromatic heterocycles. The summed E-state index contributed by atoms with van der Waals surface area (Å²) >= 11 is 1.58. The predicted octanol–water partition coefficient (Wildman–Crippen LogP) is 3.30. The van der Waals surface area contributed by atoms with E-state index in [2.05, 4.69) is 29.0 Å². The van der Waals surface area contributed by atoms with Crippen LogP contribution in [0.4, 0.5) is 0 Å². The smallest absolute Gasteiger partial charge is 0.101 e. The zero-order chi connectivity index (χ0) is 13.1. The monoisotopic (exact) mass is 260 g/mol. The van der Waals surface area contributed by atoms with Crippen LogP contribution < -0.4 is 0 Å². The zero-order valence-electron chi connectivity index (χ0n) is 10.7. The first-order chi connectivity index (χ1) is 8.54. The highest BCUT2D eigenvalue weighted by Gasteiger charge is 2.04. The maximum Gasteiger partial charge on any atom is 0.101 e. The fraction of sp³-hybridized carbons (Fsp3) is 0.286. The van der Waals surface area contributed by atoms with Crippen LogP contribution in [0.2, 0.25) is 0 Å². The van der Waals surface area contributed by atoms with Gasteiger partial charge in [0.05, 0.1) is 11.8 Å². The van der Waals surface area contributed by atoms with Crippen LogP contribution in [0, 0.1) is 13.8 Å². The van der Waals surface area contributed by atoms with E-state index in [1.54, 1.807) is 24.9 Å². The lowest BCUT2D eigenvalue weighted by Gasteiger charge is -2.06. The molecule has 2 heterocycles. The fourth-order valence-electron chi connectivity index (χ4n) is 1.68. The summed E-state index contributed by atoms with van der Waals surface area (Å²) in [7, 11) is 0. The molecule has 2 aromatic rings. The molecule has 0 bridgehead atoms. The molecule has 0 fully saturated rings. The Hall–Kier alpha value is -1.39. The molecule has 0 saturated heterocycles. The molecule has 2 rings (SSSR count). The molecule has 0 radical (unpaired) electrons. The number of nitrogens with zero attached hydrogens (tertiary/aromatic N) is 2. The van der Waals surface area contributed by atoms with Crippen molar-refractivity contribution < 1.29 is 5.11 Å². The van der Waals surface area contributed by atoms with Crippen LogP contribution in [0.25, 0.3) is 0 Å². The molecule has 3 nitrogen and oxygen atoms in total. The zero-order valence-corrected chi connectivity index (χ0v) is 11.5. The van der Waals surface area contributed by atoms with Crippen LogP contribution in [0.3, 0.4) is 0 Å². The van der Waals surface area contributed by atoms with Crippen LogP contribution in [0.1, 0.15) is 30.0 Å². The molecule has 1 N–H and O–H groups in total. The number of aromatic nitrogens is 2. The van der Waals surface area contributed by atoms with Gasteiger partial charge in [-0.15, -0.1) is 0 Å². The third-order valence-electron chi connectivity index (χ3n) is 2.48. The second kappa shape index (κ2) is 5.50. The van der Waals surface area contributed by atoms with Gasteiger partial charge in [-0.2, -0.15) is 0 Å². The summed E-state index contributed by atoms with van der Waals surface area (Å²) in [6, 6.07) is 7.91. The van der Waals surface area contributed by atoms with Crippen molar-refractivity contribution in [2.45, 2.75) is 36.8 Å². The van der Waals surface area contributed by atoms with Crippen molar-refractivity contribution in [2.24, 2.45) is 0 Å². The van der Waals surface area contributed by atoms with Crippen LogP contribution in [-0.4, -0.2) is 15.1 Å². The Kier molecular flexibility index (Phi) is 3.99. The SMILES string of the molecule is Cc1cc(C)nc(Sc2ccc(C(C)O)nc2)c1. The van der Waals surface area contributed by atoms with Crippen LogP contribution >= 0.6 is 11.8 Å². The van der Waals surface area contributed by atoms with Gasteiger partial charge in [0.15, 0.2) is 0 Å². The lowest BCUT2D eigenvalue weighted by molar-refractivity contribution is 0.194. The molecule has 1 unspecified atom stereocenters. The van der Waals surface area contributed by atoms with E-state index in [4.69, 9.17) is 0 Å². The Morgan fingerprint density at radius 3 is 2.56 bits per heavy atom. The van der Waals surface area contributed by atoms with Gasteiger partial charge in [0.1, 0.15) is 5.03 Å². The van der Waals surface area contributed by atoms with Crippen molar-refractivity contribution >= 4 is 11.8 Å². The predicted molar refractivity (Wildman–Crippen MR) is 72.7 cm³/mol. The molecular formula is C14H16N2OS. The lowest BCUT2D eigenvalue weighted by atomic mass is 10.2. The summed E-state index contributed by atoms with van der Waals surface area (Å²) < 4.78 is 0. The molecule has 1 atom stereocenters. The number of aliphatic hydroxyl groups excluding tert-OH is 1. The summed E-state index contributed by atoms with van der Waals surface area (Å²) in [5, 5.41) is 10.4. The number of rotatable bonds is 3. The van der Waals surface area contributed by atoms with E-state index in [1.807, 2.05) is 19.1 Å². The van der Waals surface area contributed by atoms with Gasteiger partial charge in [0.25, 0.3) is 0 Å². The molecule has 4 heteroatoms. The van der Waals surface area contributed by atoms with Crippen LogP contribution in [-0.2, 0) is 0 Å². The van der Waals surface area contributed by atoms with Gasteiger partial charge in [-0.3, -0.25) is 4.98 Å². The molecule has 0 spiro atoms. The average molecular weight is 260 g/mol. The molecule has 0 aliphatic rings. The third-order valence-corrected chi connectivity index (χ3v) is 3.38. The molecule has 94 valence electrons. The third kappa shape index (κ3) is 3.31. The minimum Gasteiger partial charge on any atom is -0.387 e. The summed E-state index contributed by atoms with van der Waals surface area (Å²) in [5.41, 5.74) is 2.91. The Balaban J connectivity index is 2.18. The maximum atomic E-state index is 9.40. The van der Waals surface area contributed by atoms with Crippen molar-refractivity contribution in [1.29, 1.82) is 0 Å². The second-order valence-corrected chi connectivity index (χ2v) is 5.41. The van der Waals surface area contributed by atoms with E-state index in [1.165, 1.54) is 5.56 Å². The molecular weight excluding hydrogens is 244 g/mol. The summed E-state index contributed by atoms with van der Waals surface area (Å²) in [6.07, 6.45) is 1.25. The number of aliphatic hydroxyl groups is 1. The average Bonchev–Trinajstić information content (AvgIpc) is 2.28. The normalized spacial score (nSPS) is 12.4. The van der Waals surface area contributed by atoms with Gasteiger partial charge >= 0.3 is 0 Å². The van der Waals surface area contributed by atoms with Gasteiger partial charge in [0.2, 0.25) is 0 Å². The number of aryl methyl sites for hydroxylation is 2. The summed E-state index contributed by atoms with van der Waals surface area (Å²) in [6.45, 7) is 5.76. The number of pyridine rings is 2. The van der Waals surface area contributed by atoms with Crippen LogP contribution in [0.15, 0.2) is 40.4 Å². The highest BCUT2D eigenvalue weighted by atomic mass is 32.2. The fourth-order valence-corrected chi connectivity index (χ4v) is 2.59. The summed E-state index contributed by atoms with van der Waals surface area (Å²) in [5.74, 6) is 0. The standard InChI is InChI=1S/C14H16N2OS/c1-9-6-10(2)16-14(7-9)18-12-4-5-13(11(3)17)15-8-12/h4-8,11,17H,1-3H3. The topological polar surface area (TPSA) is 46.0 Å². The number of hydrogen-bond donors (Lipinski definition) is 1. The molecule has 0 aromatic carbocycles. The van der Waals surface area contributed by atoms with Gasteiger partial charge in [0, 0.05) is 16.8 Å². The minimum atomic E-state index is -0.525. The van der Waals surface area contributed by atoms with E-state index in [9.17, 15) is 5.11 Å². The number of hydrogen-bond acceptors (Lipinski definition) is 4. The van der Waals surface area contributed by atoms with Gasteiger partial charge in [-0.1, -0.05) is 11.8 Å². The van der Waals surface area contributed by atoms with Crippen molar-refractivity contribution in [3.63, 3.8) is 0 Å². The van der Waals surface area contributed by atoms with E-state index >= 15 is 0 Å². The molecule has 0 aliphatic carbocycles. The first-order valence-corrected chi connectivity index (χ1v) is 6.63. The van der Waals surface area contributed by atoms with E-state index in [0.717, 1.165) is 15.6 Å². The van der Waals surface area contributed by atoms with E-state index in [-0.39, 0.29) is 0 Å². The first-order valence-electron chi connectivity index (χ1n) is 5.82. The van der Waals surface area contributed by atoms with Gasteiger partial charge < -0.3 is 5.11 Å². The van der Waals surface area contributed by atoms with E-state index < -0.39 is 6.10 Å². The molecule has 18 heavy (non-hydrogen) atoms. The van der Waals surface area contributed by atoms with Crippen molar-refractivity contribution in [3.8, 4) is 0 Å². The minimum absolute atomic E-state index is 0.525. The quantitative estimate of drug-likeness (QED) is 0.919. The Morgan fingerprint density at radius 1 is 1.22 bits per heavy atom. The van der Waals surface area contributed by atoms with Crippen molar-refractivity contribution in [2.75, 3.05) is 0 Å². The molecule has 0 aliphatic heterocycles. The maximum absolute atomic E-state index is 9.40.